The van der Waals surface area contributed by atoms with Gasteiger partial charge in [-0.25, -0.2) is 9.72 Å². The number of H-pyrrole nitrogens is 1. The van der Waals surface area contributed by atoms with E-state index < -0.39 is 0 Å². The highest BCUT2D eigenvalue weighted by molar-refractivity contribution is 6.05. The summed E-state index contributed by atoms with van der Waals surface area (Å²) in [7, 11) is 3.11. The van der Waals surface area contributed by atoms with Gasteiger partial charge in [0.05, 0.1) is 26.0 Å². The second kappa shape index (κ2) is 7.44. The molecule has 0 fully saturated rings. The van der Waals surface area contributed by atoms with Gasteiger partial charge in [0, 0.05) is 11.6 Å². The van der Waals surface area contributed by atoms with Crippen LogP contribution in [0.2, 0.25) is 0 Å². The summed E-state index contributed by atoms with van der Waals surface area (Å²) in [5, 5.41) is 3.03. The van der Waals surface area contributed by atoms with Gasteiger partial charge in [-0.05, 0) is 24.3 Å². The lowest BCUT2D eigenvalue weighted by Gasteiger charge is -2.08. The largest absolute Gasteiger partial charge is 0.493 e. The summed E-state index contributed by atoms with van der Waals surface area (Å²) in [6.45, 7) is 0. The van der Waals surface area contributed by atoms with Crippen LogP contribution in [0, 0.1) is 0 Å². The van der Waals surface area contributed by atoms with Gasteiger partial charge < -0.3 is 9.47 Å². The first-order chi connectivity index (χ1) is 13.7. The van der Waals surface area contributed by atoms with E-state index in [4.69, 9.17) is 9.47 Å². The average molecular weight is 374 g/mol. The number of amides is 1. The van der Waals surface area contributed by atoms with Crippen LogP contribution < -0.4 is 19.2 Å². The highest BCUT2D eigenvalue weighted by atomic mass is 16.5. The lowest BCUT2D eigenvalue weighted by molar-refractivity contribution is -0.493. The maximum atomic E-state index is 13.0. The Morgan fingerprint density at radius 1 is 0.929 bits per heavy atom. The van der Waals surface area contributed by atoms with Crippen LogP contribution in [0.5, 0.6) is 11.5 Å². The number of imidazole rings is 1. The van der Waals surface area contributed by atoms with E-state index in [0.717, 1.165) is 16.9 Å². The molecule has 0 spiro atoms. The van der Waals surface area contributed by atoms with Crippen LogP contribution in [0.1, 0.15) is 10.4 Å². The van der Waals surface area contributed by atoms with Crippen LogP contribution in [0.3, 0.4) is 0 Å². The Hall–Kier alpha value is -3.80. The van der Waals surface area contributed by atoms with E-state index in [1.54, 1.807) is 32.4 Å². The van der Waals surface area contributed by atoms with Crippen molar-refractivity contribution in [1.82, 2.24) is 4.98 Å². The maximum absolute atomic E-state index is 13.0. The monoisotopic (exact) mass is 374 g/mol. The number of nitrogens with one attached hydrogen (secondary N) is 2. The van der Waals surface area contributed by atoms with E-state index in [9.17, 15) is 4.79 Å². The normalized spacial score (nSPS) is 10.6. The number of hydrogen-bond donors (Lipinski definition) is 2. The number of carbonyl (C=O) groups is 1. The number of aromatic amines is 1. The van der Waals surface area contributed by atoms with Gasteiger partial charge in [-0.1, -0.05) is 36.4 Å². The van der Waals surface area contributed by atoms with Gasteiger partial charge in [0.2, 0.25) is 5.65 Å². The van der Waals surface area contributed by atoms with Crippen LogP contribution >= 0.6 is 0 Å². The number of rotatable bonds is 5. The molecule has 0 aliphatic carbocycles. The van der Waals surface area contributed by atoms with Crippen molar-refractivity contribution in [2.45, 2.75) is 0 Å². The first-order valence-electron chi connectivity index (χ1n) is 8.82. The first kappa shape index (κ1) is 17.6. The molecule has 0 bridgehead atoms. The van der Waals surface area contributed by atoms with Crippen molar-refractivity contribution < 1.29 is 18.7 Å². The lowest BCUT2D eigenvalue weighted by Crippen LogP contribution is -2.26. The Balaban J connectivity index is 1.76. The molecule has 2 heterocycles. The van der Waals surface area contributed by atoms with Gasteiger partial charge in [0.1, 0.15) is 0 Å². The van der Waals surface area contributed by atoms with Crippen LogP contribution in [0.25, 0.3) is 16.9 Å². The standard InChI is InChI=1S/C22H19N3O3/c1-27-17-12-11-16(14-18(17)28-2)22(26)24-21-20(15-8-4-3-5-9-15)23-19-10-6-7-13-25(19)21/h3-14H,1-2H3,(H,24,26)/p+1. The van der Waals surface area contributed by atoms with Crippen molar-refractivity contribution in [1.29, 1.82) is 0 Å². The number of ether oxygens (including phenoxy) is 2. The summed E-state index contributed by atoms with van der Waals surface area (Å²) in [4.78, 5) is 16.4. The lowest BCUT2D eigenvalue weighted by atomic mass is 10.1. The maximum Gasteiger partial charge on any atom is 0.311 e. The molecule has 0 saturated heterocycles. The highest BCUT2D eigenvalue weighted by Crippen LogP contribution is 2.29. The predicted octanol–water partition coefficient (Wildman–Crippen LogP) is 3.69. The van der Waals surface area contributed by atoms with Crippen molar-refractivity contribution >= 4 is 17.4 Å². The number of benzene rings is 2. The zero-order valence-electron chi connectivity index (χ0n) is 15.6. The second-order valence-corrected chi connectivity index (χ2v) is 6.19. The van der Waals surface area contributed by atoms with Gasteiger partial charge in [0.25, 0.3) is 5.82 Å². The Kier molecular flexibility index (Phi) is 4.68. The molecule has 2 aromatic heterocycles. The van der Waals surface area contributed by atoms with Crippen LogP contribution in [-0.2, 0) is 0 Å². The van der Waals surface area contributed by atoms with Crippen LogP contribution in [0.15, 0.2) is 72.9 Å². The number of pyridine rings is 1. The zero-order valence-corrected chi connectivity index (χ0v) is 15.6. The predicted molar refractivity (Wildman–Crippen MR) is 107 cm³/mol. The van der Waals surface area contributed by atoms with Gasteiger partial charge in [-0.3, -0.25) is 9.78 Å². The number of methoxy groups -OCH3 is 2. The zero-order chi connectivity index (χ0) is 19.5. The van der Waals surface area contributed by atoms with Gasteiger partial charge in [-0.2, -0.15) is 0 Å². The van der Waals surface area contributed by atoms with Gasteiger partial charge >= 0.3 is 5.91 Å². The van der Waals surface area contributed by atoms with E-state index in [2.05, 4.69) is 10.3 Å². The van der Waals surface area contributed by atoms with Gasteiger partial charge in [0.15, 0.2) is 17.2 Å². The molecule has 0 radical (unpaired) electrons. The molecule has 2 aromatic carbocycles. The molecular formula is C22H20N3O3+. The Bertz CT molecular complexity index is 1140. The van der Waals surface area contributed by atoms with E-state index in [1.807, 2.05) is 59.1 Å². The molecule has 4 aromatic rings. The number of nitrogens with zero attached hydrogens (tertiary/aromatic N) is 1. The molecule has 2 N–H and O–H groups in total. The fourth-order valence-corrected chi connectivity index (χ4v) is 3.14. The molecule has 0 saturated carbocycles. The third-order valence-corrected chi connectivity index (χ3v) is 4.53. The molecular weight excluding hydrogens is 354 g/mol. The molecule has 6 heteroatoms. The topological polar surface area (TPSA) is 67.5 Å². The number of anilines is 1. The molecule has 6 nitrogen and oxygen atoms in total. The van der Waals surface area contributed by atoms with E-state index in [-0.39, 0.29) is 5.91 Å². The molecule has 1 amide bonds. The van der Waals surface area contributed by atoms with Crippen LogP contribution in [-0.4, -0.2) is 25.1 Å². The van der Waals surface area contributed by atoms with E-state index in [1.165, 1.54) is 0 Å². The molecule has 28 heavy (non-hydrogen) atoms. The van der Waals surface area contributed by atoms with Crippen molar-refractivity contribution in [2.24, 2.45) is 0 Å². The Morgan fingerprint density at radius 2 is 1.68 bits per heavy atom. The smallest absolute Gasteiger partial charge is 0.311 e. The summed E-state index contributed by atoms with van der Waals surface area (Å²) in [6, 6.07) is 20.8. The molecule has 140 valence electrons. The second-order valence-electron chi connectivity index (χ2n) is 6.19. The third-order valence-electron chi connectivity index (χ3n) is 4.53. The molecule has 0 aliphatic heterocycles. The molecule has 0 unspecified atom stereocenters. The van der Waals surface area contributed by atoms with Gasteiger partial charge in [-0.15, -0.1) is 0 Å². The summed E-state index contributed by atoms with van der Waals surface area (Å²) in [5.41, 5.74) is 3.17. The molecule has 4 rings (SSSR count). The number of aromatic nitrogens is 2. The fourth-order valence-electron chi connectivity index (χ4n) is 3.14. The number of hydrogen-bond acceptors (Lipinski definition) is 3. The summed E-state index contributed by atoms with van der Waals surface area (Å²) >= 11 is 0. The minimum atomic E-state index is -0.240. The first-order valence-corrected chi connectivity index (χ1v) is 8.82. The number of carbonyl (C=O) groups excluding carboxylic acids is 1. The summed E-state index contributed by atoms with van der Waals surface area (Å²) in [5.74, 6) is 1.51. The SMILES string of the molecule is COc1ccc(C(=O)Nc2c(-c3ccccc3)[nH]c3cccc[n+]23)cc1OC. The highest BCUT2D eigenvalue weighted by Gasteiger charge is 2.23. The molecule has 0 atom stereocenters. The minimum absolute atomic E-state index is 0.240. The average Bonchev–Trinajstić information content (AvgIpc) is 3.12. The van der Waals surface area contributed by atoms with Crippen LogP contribution in [0.4, 0.5) is 5.82 Å². The Morgan fingerprint density at radius 3 is 2.43 bits per heavy atom. The van der Waals surface area contributed by atoms with Crippen molar-refractivity contribution in [2.75, 3.05) is 19.5 Å². The Labute approximate surface area is 162 Å². The number of fused-ring (bicyclic) bond motifs is 1. The summed E-state index contributed by atoms with van der Waals surface area (Å²) < 4.78 is 12.5. The van der Waals surface area contributed by atoms with Crippen molar-refractivity contribution in [3.8, 4) is 22.8 Å². The van der Waals surface area contributed by atoms with E-state index >= 15 is 0 Å². The molecule has 0 aliphatic rings. The van der Waals surface area contributed by atoms with Crippen molar-refractivity contribution in [3.63, 3.8) is 0 Å². The minimum Gasteiger partial charge on any atom is -0.493 e. The third kappa shape index (κ3) is 3.16. The van der Waals surface area contributed by atoms with E-state index in [0.29, 0.717) is 22.9 Å². The van der Waals surface area contributed by atoms with Crippen molar-refractivity contribution in [3.05, 3.63) is 78.5 Å². The quantitative estimate of drug-likeness (QED) is 0.524. The summed E-state index contributed by atoms with van der Waals surface area (Å²) in [6.07, 6.45) is 1.91. The fraction of sp³-hybridized carbons (Fsp3) is 0.0909.